The summed E-state index contributed by atoms with van der Waals surface area (Å²) in [7, 11) is 0. The van der Waals surface area contributed by atoms with Crippen molar-refractivity contribution >= 4 is 31.9 Å². The van der Waals surface area contributed by atoms with Crippen molar-refractivity contribution < 1.29 is 0 Å². The predicted molar refractivity (Wildman–Crippen MR) is 59.6 cm³/mol. The van der Waals surface area contributed by atoms with E-state index in [2.05, 4.69) is 42.2 Å². The molecular formula is C9H10Br2N2. The SMILES string of the molecule is Brc1cncc(Br)c1C1CCCN1. The van der Waals surface area contributed by atoms with E-state index in [1.807, 2.05) is 12.4 Å². The van der Waals surface area contributed by atoms with Crippen molar-refractivity contribution in [2.24, 2.45) is 0 Å². The van der Waals surface area contributed by atoms with Crippen molar-refractivity contribution in [3.05, 3.63) is 26.9 Å². The van der Waals surface area contributed by atoms with Gasteiger partial charge in [0.15, 0.2) is 0 Å². The van der Waals surface area contributed by atoms with Gasteiger partial charge in [0.25, 0.3) is 0 Å². The Morgan fingerprint density at radius 2 is 2.00 bits per heavy atom. The second-order valence-electron chi connectivity index (χ2n) is 3.17. The summed E-state index contributed by atoms with van der Waals surface area (Å²) in [5.74, 6) is 0. The highest BCUT2D eigenvalue weighted by Crippen LogP contribution is 2.33. The van der Waals surface area contributed by atoms with E-state index in [1.54, 1.807) is 0 Å². The van der Waals surface area contributed by atoms with Crippen molar-refractivity contribution in [1.29, 1.82) is 0 Å². The minimum Gasteiger partial charge on any atom is -0.310 e. The fourth-order valence-electron chi connectivity index (χ4n) is 1.69. The van der Waals surface area contributed by atoms with Crippen LogP contribution in [0.4, 0.5) is 0 Å². The number of rotatable bonds is 1. The summed E-state index contributed by atoms with van der Waals surface area (Å²) in [6, 6.07) is 0.478. The molecule has 2 rings (SSSR count). The number of halogens is 2. The van der Waals surface area contributed by atoms with Crippen molar-refractivity contribution in [2.45, 2.75) is 18.9 Å². The third-order valence-corrected chi connectivity index (χ3v) is 3.56. The Kier molecular flexibility index (Phi) is 3.01. The van der Waals surface area contributed by atoms with E-state index >= 15 is 0 Å². The smallest absolute Gasteiger partial charge is 0.0417 e. The maximum atomic E-state index is 4.09. The van der Waals surface area contributed by atoms with E-state index in [0.717, 1.165) is 15.5 Å². The van der Waals surface area contributed by atoms with Gasteiger partial charge in [-0.1, -0.05) is 0 Å². The van der Waals surface area contributed by atoms with E-state index in [9.17, 15) is 0 Å². The zero-order chi connectivity index (χ0) is 9.26. The standard InChI is InChI=1S/C9H10Br2N2/c10-6-4-12-5-7(11)9(6)8-2-1-3-13-8/h4-5,8,13H,1-3H2. The van der Waals surface area contributed by atoms with E-state index in [1.165, 1.54) is 18.4 Å². The van der Waals surface area contributed by atoms with Crippen molar-refractivity contribution in [3.63, 3.8) is 0 Å². The Labute approximate surface area is 94.4 Å². The summed E-state index contributed by atoms with van der Waals surface area (Å²) >= 11 is 7.05. The Balaban J connectivity index is 2.37. The molecule has 0 amide bonds. The molecule has 0 aliphatic carbocycles. The lowest BCUT2D eigenvalue weighted by Gasteiger charge is -2.13. The lowest BCUT2D eigenvalue weighted by molar-refractivity contribution is 0.641. The van der Waals surface area contributed by atoms with Crippen molar-refractivity contribution in [1.82, 2.24) is 10.3 Å². The summed E-state index contributed by atoms with van der Waals surface area (Å²) < 4.78 is 2.17. The quantitative estimate of drug-likeness (QED) is 0.862. The van der Waals surface area contributed by atoms with Crippen LogP contribution in [0.25, 0.3) is 0 Å². The molecule has 0 bridgehead atoms. The highest BCUT2D eigenvalue weighted by Gasteiger charge is 2.20. The van der Waals surface area contributed by atoms with E-state index in [4.69, 9.17) is 0 Å². The molecular weight excluding hydrogens is 296 g/mol. The van der Waals surface area contributed by atoms with Crippen LogP contribution in [0.5, 0.6) is 0 Å². The second-order valence-corrected chi connectivity index (χ2v) is 4.87. The van der Waals surface area contributed by atoms with Crippen LogP contribution in [-0.2, 0) is 0 Å². The van der Waals surface area contributed by atoms with E-state index < -0.39 is 0 Å². The number of hydrogen-bond donors (Lipinski definition) is 1. The van der Waals surface area contributed by atoms with Gasteiger partial charge >= 0.3 is 0 Å². The van der Waals surface area contributed by atoms with Crippen LogP contribution in [0.1, 0.15) is 24.4 Å². The third-order valence-electron chi connectivity index (χ3n) is 2.30. The molecule has 0 saturated carbocycles. The highest BCUT2D eigenvalue weighted by atomic mass is 79.9. The Morgan fingerprint density at radius 1 is 1.31 bits per heavy atom. The number of aromatic nitrogens is 1. The van der Waals surface area contributed by atoms with Gasteiger partial charge in [0.1, 0.15) is 0 Å². The molecule has 1 aliphatic rings. The van der Waals surface area contributed by atoms with Crippen LogP contribution < -0.4 is 5.32 Å². The molecule has 2 nitrogen and oxygen atoms in total. The molecule has 1 N–H and O–H groups in total. The number of hydrogen-bond acceptors (Lipinski definition) is 2. The first kappa shape index (κ1) is 9.62. The monoisotopic (exact) mass is 304 g/mol. The van der Waals surface area contributed by atoms with Gasteiger partial charge in [-0.05, 0) is 51.2 Å². The number of nitrogens with one attached hydrogen (secondary N) is 1. The summed E-state index contributed by atoms with van der Waals surface area (Å²) in [6.45, 7) is 1.12. The topological polar surface area (TPSA) is 24.9 Å². The molecule has 4 heteroatoms. The summed E-state index contributed by atoms with van der Waals surface area (Å²) in [6.07, 6.45) is 6.16. The lowest BCUT2D eigenvalue weighted by atomic mass is 10.1. The first-order valence-electron chi connectivity index (χ1n) is 4.31. The molecule has 70 valence electrons. The largest absolute Gasteiger partial charge is 0.310 e. The molecule has 13 heavy (non-hydrogen) atoms. The molecule has 1 fully saturated rings. The van der Waals surface area contributed by atoms with Crippen LogP contribution in [0.15, 0.2) is 21.3 Å². The minimum atomic E-state index is 0.478. The zero-order valence-electron chi connectivity index (χ0n) is 7.06. The minimum absolute atomic E-state index is 0.478. The van der Waals surface area contributed by atoms with Crippen LogP contribution in [0, 0.1) is 0 Å². The van der Waals surface area contributed by atoms with Crippen LogP contribution in [0.2, 0.25) is 0 Å². The molecule has 1 saturated heterocycles. The number of nitrogens with zero attached hydrogens (tertiary/aromatic N) is 1. The zero-order valence-corrected chi connectivity index (χ0v) is 10.2. The molecule has 1 aromatic heterocycles. The molecule has 1 aromatic rings. The lowest BCUT2D eigenvalue weighted by Crippen LogP contribution is -2.14. The average molecular weight is 306 g/mol. The first-order valence-corrected chi connectivity index (χ1v) is 5.90. The normalized spacial score (nSPS) is 22.2. The predicted octanol–water partition coefficient (Wildman–Crippen LogP) is 3.03. The maximum absolute atomic E-state index is 4.09. The molecule has 1 atom stereocenters. The second kappa shape index (κ2) is 4.07. The van der Waals surface area contributed by atoms with Gasteiger partial charge < -0.3 is 5.32 Å². The molecule has 0 aromatic carbocycles. The summed E-state index contributed by atoms with van der Waals surface area (Å²) in [5.41, 5.74) is 1.30. The Morgan fingerprint density at radius 3 is 2.54 bits per heavy atom. The molecule has 0 radical (unpaired) electrons. The van der Waals surface area contributed by atoms with Crippen LogP contribution in [-0.4, -0.2) is 11.5 Å². The Hall–Kier alpha value is 0.0700. The van der Waals surface area contributed by atoms with Crippen LogP contribution >= 0.6 is 31.9 Å². The molecule has 0 spiro atoms. The fraction of sp³-hybridized carbons (Fsp3) is 0.444. The van der Waals surface area contributed by atoms with E-state index in [-0.39, 0.29) is 0 Å². The molecule has 1 aliphatic heterocycles. The Bertz CT molecular complexity index is 288. The molecule has 2 heterocycles. The molecule has 1 unspecified atom stereocenters. The van der Waals surface area contributed by atoms with Gasteiger partial charge in [0.2, 0.25) is 0 Å². The fourth-order valence-corrected chi connectivity index (χ4v) is 3.17. The van der Waals surface area contributed by atoms with Crippen molar-refractivity contribution in [2.75, 3.05) is 6.54 Å². The van der Waals surface area contributed by atoms with Crippen molar-refractivity contribution in [3.8, 4) is 0 Å². The number of pyridine rings is 1. The van der Waals surface area contributed by atoms with Gasteiger partial charge in [-0.2, -0.15) is 0 Å². The average Bonchev–Trinajstić information content (AvgIpc) is 2.57. The van der Waals surface area contributed by atoms with Gasteiger partial charge in [-0.15, -0.1) is 0 Å². The van der Waals surface area contributed by atoms with Gasteiger partial charge in [0.05, 0.1) is 0 Å². The van der Waals surface area contributed by atoms with Gasteiger partial charge in [0, 0.05) is 32.9 Å². The summed E-state index contributed by atoms with van der Waals surface area (Å²) in [5, 5.41) is 3.47. The summed E-state index contributed by atoms with van der Waals surface area (Å²) in [4.78, 5) is 4.09. The highest BCUT2D eigenvalue weighted by molar-refractivity contribution is 9.11. The van der Waals surface area contributed by atoms with Gasteiger partial charge in [-0.25, -0.2) is 0 Å². The van der Waals surface area contributed by atoms with Gasteiger partial charge in [-0.3, -0.25) is 4.98 Å². The van der Waals surface area contributed by atoms with E-state index in [0.29, 0.717) is 6.04 Å². The maximum Gasteiger partial charge on any atom is 0.0417 e. The third kappa shape index (κ3) is 1.95. The van der Waals surface area contributed by atoms with Crippen LogP contribution in [0.3, 0.4) is 0 Å². The first-order chi connectivity index (χ1) is 6.29.